The van der Waals surface area contributed by atoms with E-state index in [0.29, 0.717) is 15.8 Å². The molecule has 0 aliphatic rings. The van der Waals surface area contributed by atoms with Gasteiger partial charge in [0.2, 0.25) is 0 Å². The molecule has 4 aromatic rings. The predicted molar refractivity (Wildman–Crippen MR) is 102 cm³/mol. The number of nitro groups is 1. The summed E-state index contributed by atoms with van der Waals surface area (Å²) < 4.78 is 1.96. The third-order valence-electron chi connectivity index (χ3n) is 4.09. The maximum Gasteiger partial charge on any atom is 0.274 e. The van der Waals surface area contributed by atoms with Crippen molar-refractivity contribution in [3.63, 3.8) is 0 Å². The third kappa shape index (κ3) is 2.89. The van der Waals surface area contributed by atoms with E-state index in [-0.39, 0.29) is 17.8 Å². The first-order chi connectivity index (χ1) is 12.6. The molecule has 0 fully saturated rings. The molecule has 7 heteroatoms. The lowest BCUT2D eigenvalue weighted by atomic mass is 10.2. The van der Waals surface area contributed by atoms with Crippen molar-refractivity contribution in [3.05, 3.63) is 93.0 Å². The summed E-state index contributed by atoms with van der Waals surface area (Å²) >= 11 is 1.38. The summed E-state index contributed by atoms with van der Waals surface area (Å²) in [5, 5.41) is 11.2. The van der Waals surface area contributed by atoms with Crippen molar-refractivity contribution >= 4 is 27.2 Å². The van der Waals surface area contributed by atoms with Crippen molar-refractivity contribution < 1.29 is 4.92 Å². The van der Waals surface area contributed by atoms with Gasteiger partial charge in [-0.3, -0.25) is 19.5 Å². The number of fused-ring (bicyclic) bond motifs is 1. The minimum absolute atomic E-state index is 0.00403. The number of para-hydroxylation sites is 1. The van der Waals surface area contributed by atoms with Crippen LogP contribution in [0.2, 0.25) is 0 Å². The predicted octanol–water partition coefficient (Wildman–Crippen LogP) is 4.08. The van der Waals surface area contributed by atoms with Gasteiger partial charge in [-0.1, -0.05) is 48.5 Å². The van der Waals surface area contributed by atoms with Crippen LogP contribution in [0.15, 0.2) is 71.8 Å². The summed E-state index contributed by atoms with van der Waals surface area (Å²) in [5.41, 5.74) is 1.94. The van der Waals surface area contributed by atoms with Crippen molar-refractivity contribution in [2.24, 2.45) is 0 Å². The highest BCUT2D eigenvalue weighted by molar-refractivity contribution is 7.22. The zero-order valence-corrected chi connectivity index (χ0v) is 14.3. The maximum atomic E-state index is 12.8. The Morgan fingerprint density at radius 2 is 1.81 bits per heavy atom. The summed E-state index contributed by atoms with van der Waals surface area (Å²) in [4.78, 5) is 28.9. The minimum Gasteiger partial charge on any atom is -0.293 e. The Morgan fingerprint density at radius 1 is 1.08 bits per heavy atom. The Labute approximate surface area is 152 Å². The molecule has 2 aromatic heterocycles. The summed E-state index contributed by atoms with van der Waals surface area (Å²) in [6.07, 6.45) is 1.45. The van der Waals surface area contributed by atoms with E-state index in [1.807, 2.05) is 36.4 Å². The Morgan fingerprint density at radius 3 is 2.58 bits per heavy atom. The van der Waals surface area contributed by atoms with Gasteiger partial charge in [0.25, 0.3) is 11.2 Å². The second kappa shape index (κ2) is 6.53. The number of hydrogen-bond acceptors (Lipinski definition) is 5. The molecule has 0 bridgehead atoms. The first kappa shape index (κ1) is 16.2. The van der Waals surface area contributed by atoms with Gasteiger partial charge < -0.3 is 0 Å². The second-order valence-electron chi connectivity index (χ2n) is 5.75. The average molecular weight is 363 g/mol. The van der Waals surface area contributed by atoms with Gasteiger partial charge in [0.05, 0.1) is 23.3 Å². The van der Waals surface area contributed by atoms with Crippen molar-refractivity contribution in [1.29, 1.82) is 0 Å². The first-order valence-electron chi connectivity index (χ1n) is 7.90. The van der Waals surface area contributed by atoms with Crippen LogP contribution in [0.25, 0.3) is 20.7 Å². The van der Waals surface area contributed by atoms with Crippen LogP contribution in [0.5, 0.6) is 0 Å². The molecular weight excluding hydrogens is 350 g/mol. The normalized spacial score (nSPS) is 10.9. The van der Waals surface area contributed by atoms with E-state index in [1.54, 1.807) is 18.2 Å². The molecule has 0 saturated heterocycles. The number of rotatable bonds is 4. The van der Waals surface area contributed by atoms with Gasteiger partial charge in [0.15, 0.2) is 0 Å². The minimum atomic E-state index is -0.440. The van der Waals surface area contributed by atoms with Crippen molar-refractivity contribution in [2.75, 3.05) is 0 Å². The van der Waals surface area contributed by atoms with Crippen LogP contribution >= 0.6 is 11.3 Å². The van der Waals surface area contributed by atoms with Crippen LogP contribution < -0.4 is 5.56 Å². The highest BCUT2D eigenvalue weighted by atomic mass is 32.1. The fourth-order valence-corrected chi connectivity index (χ4v) is 3.87. The lowest BCUT2D eigenvalue weighted by Crippen LogP contribution is -2.20. The van der Waals surface area contributed by atoms with Gasteiger partial charge in [0.1, 0.15) is 4.70 Å². The SMILES string of the molecule is O=c1c2sc(-c3ccccc3)cc2ncn1Cc1ccccc1[N+](=O)[O-]. The van der Waals surface area contributed by atoms with Gasteiger partial charge in [-0.2, -0.15) is 0 Å². The van der Waals surface area contributed by atoms with E-state index in [2.05, 4.69) is 4.98 Å². The maximum absolute atomic E-state index is 12.8. The van der Waals surface area contributed by atoms with Gasteiger partial charge in [-0.05, 0) is 11.6 Å². The molecule has 128 valence electrons. The van der Waals surface area contributed by atoms with Crippen LogP contribution in [-0.4, -0.2) is 14.5 Å². The van der Waals surface area contributed by atoms with Crippen LogP contribution in [0.4, 0.5) is 5.69 Å². The molecule has 0 atom stereocenters. The summed E-state index contributed by atoms with van der Waals surface area (Å²) in [6, 6.07) is 18.1. The van der Waals surface area contributed by atoms with Gasteiger partial charge in [0, 0.05) is 16.5 Å². The smallest absolute Gasteiger partial charge is 0.274 e. The summed E-state index contributed by atoms with van der Waals surface area (Å²) in [5.74, 6) is 0. The van der Waals surface area contributed by atoms with E-state index < -0.39 is 4.92 Å². The van der Waals surface area contributed by atoms with Crippen LogP contribution in [0.1, 0.15) is 5.56 Å². The Kier molecular flexibility index (Phi) is 4.06. The number of nitrogens with zero attached hydrogens (tertiary/aromatic N) is 3. The first-order valence-corrected chi connectivity index (χ1v) is 8.72. The monoisotopic (exact) mass is 363 g/mol. The highest BCUT2D eigenvalue weighted by Gasteiger charge is 2.15. The largest absolute Gasteiger partial charge is 0.293 e. The van der Waals surface area contributed by atoms with Crippen LogP contribution in [0, 0.1) is 10.1 Å². The highest BCUT2D eigenvalue weighted by Crippen LogP contribution is 2.30. The summed E-state index contributed by atoms with van der Waals surface area (Å²) in [6.45, 7) is 0.109. The average Bonchev–Trinajstić information content (AvgIpc) is 3.10. The molecule has 2 heterocycles. The molecule has 0 amide bonds. The molecule has 2 aromatic carbocycles. The van der Waals surface area contributed by atoms with Gasteiger partial charge in [-0.25, -0.2) is 4.98 Å². The fraction of sp³-hybridized carbons (Fsp3) is 0.0526. The lowest BCUT2D eigenvalue weighted by molar-refractivity contribution is -0.385. The number of aromatic nitrogens is 2. The number of nitro benzene ring substituents is 1. The molecule has 0 spiro atoms. The standard InChI is InChI=1S/C19H13N3O3S/c23-19-18-15(10-17(26-18)13-6-2-1-3-7-13)20-12-21(19)11-14-8-4-5-9-16(14)22(24)25/h1-10,12H,11H2. The second-order valence-corrected chi connectivity index (χ2v) is 6.81. The fourth-order valence-electron chi connectivity index (χ4n) is 2.81. The molecule has 4 rings (SSSR count). The van der Waals surface area contributed by atoms with Crippen molar-refractivity contribution in [1.82, 2.24) is 9.55 Å². The Bertz CT molecular complexity index is 1170. The molecule has 0 saturated carbocycles. The molecule has 26 heavy (non-hydrogen) atoms. The van der Waals surface area contributed by atoms with E-state index in [1.165, 1.54) is 28.3 Å². The van der Waals surface area contributed by atoms with Crippen LogP contribution in [-0.2, 0) is 6.54 Å². The van der Waals surface area contributed by atoms with E-state index in [4.69, 9.17) is 0 Å². The van der Waals surface area contributed by atoms with E-state index in [0.717, 1.165) is 10.4 Å². The van der Waals surface area contributed by atoms with Crippen molar-refractivity contribution in [3.8, 4) is 10.4 Å². The molecule has 0 N–H and O–H groups in total. The van der Waals surface area contributed by atoms with Gasteiger partial charge >= 0.3 is 0 Å². The number of benzene rings is 2. The number of thiophene rings is 1. The Balaban J connectivity index is 1.77. The lowest BCUT2D eigenvalue weighted by Gasteiger charge is -2.05. The molecule has 0 unspecified atom stereocenters. The molecule has 0 aliphatic carbocycles. The zero-order chi connectivity index (χ0) is 18.1. The summed E-state index contributed by atoms with van der Waals surface area (Å²) in [7, 11) is 0. The van der Waals surface area contributed by atoms with Crippen molar-refractivity contribution in [2.45, 2.75) is 6.54 Å². The quantitative estimate of drug-likeness (QED) is 0.404. The molecule has 0 aliphatic heterocycles. The molecular formula is C19H13N3O3S. The number of hydrogen-bond donors (Lipinski definition) is 0. The zero-order valence-electron chi connectivity index (χ0n) is 13.5. The van der Waals surface area contributed by atoms with E-state index in [9.17, 15) is 14.9 Å². The van der Waals surface area contributed by atoms with Gasteiger partial charge in [-0.15, -0.1) is 11.3 Å². The van der Waals surface area contributed by atoms with E-state index >= 15 is 0 Å². The Hall–Kier alpha value is -3.32. The topological polar surface area (TPSA) is 78.0 Å². The molecule has 0 radical (unpaired) electrons. The third-order valence-corrected chi connectivity index (χ3v) is 5.25. The van der Waals surface area contributed by atoms with Crippen LogP contribution in [0.3, 0.4) is 0 Å². The molecule has 6 nitrogen and oxygen atoms in total.